The zero-order valence-corrected chi connectivity index (χ0v) is 11.0. The Bertz CT molecular complexity index is 352. The van der Waals surface area contributed by atoms with Crippen LogP contribution in [0.5, 0.6) is 0 Å². The summed E-state index contributed by atoms with van der Waals surface area (Å²) in [4.78, 5) is 4.67. The average molecular weight is 236 g/mol. The molecule has 0 amide bonds. The fraction of sp³-hybridized carbons (Fsp3) is 0.846. The molecule has 17 heavy (non-hydrogen) atoms. The van der Waals surface area contributed by atoms with Crippen molar-refractivity contribution in [3.8, 4) is 0 Å². The first-order valence-electron chi connectivity index (χ1n) is 6.88. The molecule has 1 aliphatic carbocycles. The van der Waals surface area contributed by atoms with E-state index in [1.54, 1.807) is 0 Å². The number of unbranched alkanes of at least 4 members (excludes halogenated alkanes) is 1. The molecule has 1 aliphatic rings. The first kappa shape index (κ1) is 12.6. The molecule has 1 aromatic heterocycles. The van der Waals surface area contributed by atoms with E-state index in [4.69, 9.17) is 5.73 Å². The van der Waals surface area contributed by atoms with Crippen LogP contribution in [-0.2, 0) is 7.05 Å². The Morgan fingerprint density at radius 1 is 1.41 bits per heavy atom. The zero-order valence-electron chi connectivity index (χ0n) is 11.0. The third-order valence-corrected chi connectivity index (χ3v) is 3.73. The van der Waals surface area contributed by atoms with Gasteiger partial charge in [-0.05, 0) is 19.3 Å². The van der Waals surface area contributed by atoms with Crippen LogP contribution in [0, 0.1) is 0 Å². The molecule has 1 unspecified atom stereocenters. The molecule has 4 nitrogen and oxygen atoms in total. The number of aromatic nitrogens is 3. The minimum absolute atomic E-state index is 0.0441. The quantitative estimate of drug-likeness (QED) is 0.855. The summed E-state index contributed by atoms with van der Waals surface area (Å²) in [5.74, 6) is 2.56. The fourth-order valence-corrected chi connectivity index (χ4v) is 2.65. The van der Waals surface area contributed by atoms with Crippen LogP contribution >= 0.6 is 0 Å². The lowest BCUT2D eigenvalue weighted by Crippen LogP contribution is -2.15. The lowest BCUT2D eigenvalue weighted by molar-refractivity contribution is 0.543. The van der Waals surface area contributed by atoms with Gasteiger partial charge in [0, 0.05) is 13.0 Å². The second kappa shape index (κ2) is 5.63. The van der Waals surface area contributed by atoms with Gasteiger partial charge in [-0.15, -0.1) is 0 Å². The summed E-state index contributed by atoms with van der Waals surface area (Å²) >= 11 is 0. The summed E-state index contributed by atoms with van der Waals surface area (Å²) in [6.07, 6.45) is 8.47. The highest BCUT2D eigenvalue weighted by Gasteiger charge is 2.23. The molecule has 0 saturated heterocycles. The smallest absolute Gasteiger partial charge is 0.154 e. The van der Waals surface area contributed by atoms with Crippen LogP contribution in [0.1, 0.15) is 75.5 Å². The molecule has 1 fully saturated rings. The Hall–Kier alpha value is -0.900. The molecule has 96 valence electrons. The van der Waals surface area contributed by atoms with Crippen LogP contribution in [0.25, 0.3) is 0 Å². The van der Waals surface area contributed by atoms with E-state index in [0.29, 0.717) is 5.92 Å². The third-order valence-electron chi connectivity index (χ3n) is 3.73. The topological polar surface area (TPSA) is 56.7 Å². The molecular weight excluding hydrogens is 212 g/mol. The summed E-state index contributed by atoms with van der Waals surface area (Å²) in [7, 11) is 1.96. The molecule has 0 bridgehead atoms. The number of hydrogen-bond acceptors (Lipinski definition) is 3. The van der Waals surface area contributed by atoms with Gasteiger partial charge in [-0.25, -0.2) is 4.98 Å². The van der Waals surface area contributed by atoms with Gasteiger partial charge in [-0.2, -0.15) is 5.10 Å². The normalized spacial score (nSPS) is 18.8. The monoisotopic (exact) mass is 236 g/mol. The number of nitrogens with zero attached hydrogens (tertiary/aromatic N) is 3. The van der Waals surface area contributed by atoms with Crippen LogP contribution in [-0.4, -0.2) is 14.8 Å². The summed E-state index contributed by atoms with van der Waals surface area (Å²) in [5.41, 5.74) is 6.17. The van der Waals surface area contributed by atoms with Gasteiger partial charge in [0.2, 0.25) is 0 Å². The predicted octanol–water partition coefficient (Wildman–Crippen LogP) is 2.66. The molecule has 0 aliphatic heterocycles. The minimum atomic E-state index is 0.0441. The molecule has 2 rings (SSSR count). The summed E-state index contributed by atoms with van der Waals surface area (Å²) in [6.45, 7) is 2.19. The van der Waals surface area contributed by atoms with Gasteiger partial charge in [0.15, 0.2) is 5.82 Å². The van der Waals surface area contributed by atoms with Gasteiger partial charge in [-0.3, -0.25) is 4.68 Å². The van der Waals surface area contributed by atoms with Crippen LogP contribution in [0.15, 0.2) is 0 Å². The number of aryl methyl sites for hydroxylation is 1. The number of rotatable bonds is 5. The Balaban J connectivity index is 2.06. The maximum atomic E-state index is 6.17. The highest BCUT2D eigenvalue weighted by molar-refractivity contribution is 5.04. The zero-order chi connectivity index (χ0) is 12.3. The van der Waals surface area contributed by atoms with E-state index in [0.717, 1.165) is 24.5 Å². The number of nitrogens with two attached hydrogens (primary N) is 1. The van der Waals surface area contributed by atoms with Gasteiger partial charge in [0.25, 0.3) is 0 Å². The van der Waals surface area contributed by atoms with Gasteiger partial charge < -0.3 is 5.73 Å². The molecule has 0 spiro atoms. The maximum Gasteiger partial charge on any atom is 0.154 e. The fourth-order valence-electron chi connectivity index (χ4n) is 2.65. The van der Waals surface area contributed by atoms with Gasteiger partial charge in [0.1, 0.15) is 5.82 Å². The Labute approximate surface area is 104 Å². The van der Waals surface area contributed by atoms with Crippen LogP contribution in [0.2, 0.25) is 0 Å². The van der Waals surface area contributed by atoms with E-state index in [-0.39, 0.29) is 6.04 Å². The molecule has 0 radical (unpaired) electrons. The maximum absolute atomic E-state index is 6.17. The summed E-state index contributed by atoms with van der Waals surface area (Å²) < 4.78 is 1.88. The Morgan fingerprint density at radius 3 is 2.76 bits per heavy atom. The highest BCUT2D eigenvalue weighted by atomic mass is 15.3. The van der Waals surface area contributed by atoms with Crippen molar-refractivity contribution in [1.29, 1.82) is 0 Å². The highest BCUT2D eigenvalue weighted by Crippen LogP contribution is 2.32. The van der Waals surface area contributed by atoms with Crippen molar-refractivity contribution in [2.24, 2.45) is 12.8 Å². The lowest BCUT2D eigenvalue weighted by Gasteiger charge is -2.08. The molecule has 1 saturated carbocycles. The second-order valence-corrected chi connectivity index (χ2v) is 5.18. The van der Waals surface area contributed by atoms with Crippen LogP contribution < -0.4 is 5.73 Å². The van der Waals surface area contributed by atoms with E-state index < -0.39 is 0 Å². The molecule has 1 heterocycles. The van der Waals surface area contributed by atoms with Crippen molar-refractivity contribution in [3.63, 3.8) is 0 Å². The molecule has 0 aromatic carbocycles. The molecule has 4 heteroatoms. The van der Waals surface area contributed by atoms with Gasteiger partial charge in [-0.1, -0.05) is 32.6 Å². The minimum Gasteiger partial charge on any atom is -0.321 e. The van der Waals surface area contributed by atoms with Crippen molar-refractivity contribution < 1.29 is 0 Å². The molecule has 2 N–H and O–H groups in total. The van der Waals surface area contributed by atoms with Crippen molar-refractivity contribution in [1.82, 2.24) is 14.8 Å². The van der Waals surface area contributed by atoms with Crippen LogP contribution in [0.4, 0.5) is 0 Å². The SMILES string of the molecule is CCCCC(N)c1nc(C2CCCC2)nn1C. The summed E-state index contributed by atoms with van der Waals surface area (Å²) in [6, 6.07) is 0.0441. The third kappa shape index (κ3) is 2.86. The molecular formula is C13H24N4. The largest absolute Gasteiger partial charge is 0.321 e. The van der Waals surface area contributed by atoms with E-state index in [9.17, 15) is 0 Å². The lowest BCUT2D eigenvalue weighted by atomic mass is 10.1. The molecule has 1 atom stereocenters. The predicted molar refractivity (Wildman–Crippen MR) is 68.7 cm³/mol. The Kier molecular flexibility index (Phi) is 4.15. The van der Waals surface area contributed by atoms with E-state index in [1.165, 1.54) is 32.1 Å². The van der Waals surface area contributed by atoms with Crippen molar-refractivity contribution in [2.45, 2.75) is 63.8 Å². The van der Waals surface area contributed by atoms with Gasteiger partial charge >= 0.3 is 0 Å². The Morgan fingerprint density at radius 2 is 2.12 bits per heavy atom. The summed E-state index contributed by atoms with van der Waals surface area (Å²) in [5, 5.41) is 4.55. The second-order valence-electron chi connectivity index (χ2n) is 5.18. The first-order valence-corrected chi connectivity index (χ1v) is 6.88. The van der Waals surface area contributed by atoms with E-state index >= 15 is 0 Å². The van der Waals surface area contributed by atoms with Crippen molar-refractivity contribution in [3.05, 3.63) is 11.6 Å². The number of hydrogen-bond donors (Lipinski definition) is 1. The molecule has 1 aromatic rings. The van der Waals surface area contributed by atoms with E-state index in [1.807, 2.05) is 11.7 Å². The standard InChI is InChI=1S/C13H24N4/c1-3-4-9-11(14)13-15-12(16-17(13)2)10-7-5-6-8-10/h10-11H,3-9,14H2,1-2H3. The van der Waals surface area contributed by atoms with E-state index in [2.05, 4.69) is 17.0 Å². The van der Waals surface area contributed by atoms with Crippen LogP contribution in [0.3, 0.4) is 0 Å². The van der Waals surface area contributed by atoms with Crippen molar-refractivity contribution in [2.75, 3.05) is 0 Å². The van der Waals surface area contributed by atoms with Crippen molar-refractivity contribution >= 4 is 0 Å². The van der Waals surface area contributed by atoms with Gasteiger partial charge in [0.05, 0.1) is 6.04 Å². The average Bonchev–Trinajstić information content (AvgIpc) is 2.94. The first-order chi connectivity index (χ1) is 8.22.